The van der Waals surface area contributed by atoms with Gasteiger partial charge in [-0.15, -0.1) is 0 Å². The molecule has 0 aromatic heterocycles. The predicted octanol–water partition coefficient (Wildman–Crippen LogP) is 3.53. The van der Waals surface area contributed by atoms with E-state index in [1.165, 1.54) is 0 Å². The lowest BCUT2D eigenvalue weighted by Gasteiger charge is -2.15. The summed E-state index contributed by atoms with van der Waals surface area (Å²) in [5.74, 6) is -0.0890. The van der Waals surface area contributed by atoms with E-state index in [0.717, 1.165) is 16.9 Å². The Morgan fingerprint density at radius 3 is 2.35 bits per heavy atom. The van der Waals surface area contributed by atoms with Gasteiger partial charge < -0.3 is 9.84 Å². The number of rotatable bonds is 7. The van der Waals surface area contributed by atoms with Crippen molar-refractivity contribution in [3.8, 4) is 5.75 Å². The zero-order valence-corrected chi connectivity index (χ0v) is 12.5. The van der Waals surface area contributed by atoms with Crippen molar-refractivity contribution in [3.05, 3.63) is 28.8 Å². The summed E-state index contributed by atoms with van der Waals surface area (Å²) in [7, 11) is 0. The highest BCUT2D eigenvalue weighted by atomic mass is 16.5. The topological polar surface area (TPSA) is 63.6 Å². The lowest BCUT2D eigenvalue weighted by molar-refractivity contribution is -0.137. The van der Waals surface area contributed by atoms with Crippen molar-refractivity contribution in [3.63, 3.8) is 0 Å². The molecule has 0 saturated heterocycles. The molecule has 0 fully saturated rings. The van der Waals surface area contributed by atoms with Gasteiger partial charge in [-0.05, 0) is 57.4 Å². The monoisotopic (exact) mass is 278 g/mol. The third-order valence-electron chi connectivity index (χ3n) is 2.98. The Bertz CT molecular complexity index is 503. The van der Waals surface area contributed by atoms with Crippen LogP contribution in [0, 0.1) is 13.8 Å². The third kappa shape index (κ3) is 4.68. The van der Waals surface area contributed by atoms with Crippen LogP contribution in [-0.4, -0.2) is 23.0 Å². The summed E-state index contributed by atoms with van der Waals surface area (Å²) in [6, 6.07) is 3.70. The van der Waals surface area contributed by atoms with E-state index in [-0.39, 0.29) is 24.7 Å². The van der Waals surface area contributed by atoms with E-state index in [1.54, 1.807) is 0 Å². The van der Waals surface area contributed by atoms with Gasteiger partial charge in [0.25, 0.3) is 0 Å². The molecule has 0 aliphatic heterocycles. The van der Waals surface area contributed by atoms with E-state index in [2.05, 4.69) is 0 Å². The van der Waals surface area contributed by atoms with Crippen molar-refractivity contribution in [1.82, 2.24) is 0 Å². The van der Waals surface area contributed by atoms with E-state index >= 15 is 0 Å². The van der Waals surface area contributed by atoms with Gasteiger partial charge in [0.2, 0.25) is 0 Å². The van der Waals surface area contributed by atoms with Crippen LogP contribution in [0.25, 0.3) is 0 Å². The average Bonchev–Trinajstić information content (AvgIpc) is 2.32. The van der Waals surface area contributed by atoms with Gasteiger partial charge in [0.05, 0.1) is 6.10 Å². The molecule has 0 radical (unpaired) electrons. The molecule has 1 rings (SSSR count). The lowest BCUT2D eigenvalue weighted by Crippen LogP contribution is -2.09. The molecule has 4 heteroatoms. The van der Waals surface area contributed by atoms with Gasteiger partial charge in [0, 0.05) is 18.4 Å². The second-order valence-corrected chi connectivity index (χ2v) is 5.27. The average molecular weight is 278 g/mol. The molecule has 0 saturated carbocycles. The Balaban J connectivity index is 2.83. The van der Waals surface area contributed by atoms with Crippen molar-refractivity contribution >= 4 is 11.8 Å². The quantitative estimate of drug-likeness (QED) is 0.775. The van der Waals surface area contributed by atoms with Crippen LogP contribution >= 0.6 is 0 Å². The summed E-state index contributed by atoms with van der Waals surface area (Å²) in [5.41, 5.74) is 2.45. The molecule has 4 nitrogen and oxygen atoms in total. The van der Waals surface area contributed by atoms with Gasteiger partial charge in [-0.25, -0.2) is 0 Å². The summed E-state index contributed by atoms with van der Waals surface area (Å²) in [6.07, 6.45) is 0.747. The number of ketones is 1. The molecular formula is C16H22O4. The molecule has 0 bridgehead atoms. The second kappa shape index (κ2) is 7.08. The van der Waals surface area contributed by atoms with E-state index in [4.69, 9.17) is 9.84 Å². The van der Waals surface area contributed by atoms with E-state index in [9.17, 15) is 9.59 Å². The van der Waals surface area contributed by atoms with Crippen LogP contribution in [0.1, 0.15) is 54.6 Å². The molecule has 20 heavy (non-hydrogen) atoms. The molecule has 0 atom stereocenters. The maximum absolute atomic E-state index is 12.1. The number of benzene rings is 1. The fourth-order valence-corrected chi connectivity index (χ4v) is 2.01. The van der Waals surface area contributed by atoms with Crippen LogP contribution in [0.3, 0.4) is 0 Å². The summed E-state index contributed by atoms with van der Waals surface area (Å²) in [5, 5.41) is 8.59. The molecule has 0 heterocycles. The number of ether oxygens (including phenoxy) is 1. The maximum Gasteiger partial charge on any atom is 0.303 e. The molecule has 0 aliphatic rings. The zero-order chi connectivity index (χ0) is 15.3. The first kappa shape index (κ1) is 16.2. The van der Waals surface area contributed by atoms with Crippen molar-refractivity contribution in [2.24, 2.45) is 0 Å². The van der Waals surface area contributed by atoms with Crippen LogP contribution in [0.4, 0.5) is 0 Å². The smallest absolute Gasteiger partial charge is 0.303 e. The highest BCUT2D eigenvalue weighted by Crippen LogP contribution is 2.25. The molecule has 1 aromatic carbocycles. The SMILES string of the molecule is Cc1cc(C(=O)CCCC(=O)O)c(C)cc1OC(C)C. The first-order valence-electron chi connectivity index (χ1n) is 6.84. The summed E-state index contributed by atoms with van der Waals surface area (Å²) in [4.78, 5) is 22.6. The van der Waals surface area contributed by atoms with Crippen LogP contribution in [0.15, 0.2) is 12.1 Å². The van der Waals surface area contributed by atoms with Crippen LogP contribution < -0.4 is 4.74 Å². The summed E-state index contributed by atoms with van der Waals surface area (Å²) < 4.78 is 5.68. The normalized spacial score (nSPS) is 10.7. The predicted molar refractivity (Wildman–Crippen MR) is 77.5 cm³/mol. The Kier molecular flexibility index (Phi) is 5.74. The number of carbonyl (C=O) groups excluding carboxylic acids is 1. The third-order valence-corrected chi connectivity index (χ3v) is 2.98. The summed E-state index contributed by atoms with van der Waals surface area (Å²) in [6.45, 7) is 7.70. The fraction of sp³-hybridized carbons (Fsp3) is 0.500. The number of carboxylic acids is 1. The molecule has 0 spiro atoms. The number of hydrogen-bond acceptors (Lipinski definition) is 3. The van der Waals surface area contributed by atoms with Crippen molar-refractivity contribution in [2.75, 3.05) is 0 Å². The van der Waals surface area contributed by atoms with Crippen molar-refractivity contribution in [2.45, 2.75) is 53.1 Å². The van der Waals surface area contributed by atoms with Gasteiger partial charge in [-0.3, -0.25) is 9.59 Å². The largest absolute Gasteiger partial charge is 0.491 e. The minimum Gasteiger partial charge on any atom is -0.491 e. The molecule has 0 unspecified atom stereocenters. The Morgan fingerprint density at radius 2 is 1.80 bits per heavy atom. The molecule has 0 aliphatic carbocycles. The number of hydrogen-bond donors (Lipinski definition) is 1. The minimum atomic E-state index is -0.869. The molecule has 110 valence electrons. The van der Waals surface area contributed by atoms with Gasteiger partial charge in [-0.1, -0.05) is 0 Å². The highest BCUT2D eigenvalue weighted by molar-refractivity contribution is 5.98. The fourth-order valence-electron chi connectivity index (χ4n) is 2.01. The minimum absolute atomic E-state index is 0.0112. The Labute approximate surface area is 119 Å². The molecular weight excluding hydrogens is 256 g/mol. The van der Waals surface area contributed by atoms with E-state index in [1.807, 2.05) is 39.8 Å². The maximum atomic E-state index is 12.1. The van der Waals surface area contributed by atoms with E-state index in [0.29, 0.717) is 12.0 Å². The number of Topliss-reactive ketones (excluding diaryl/α,β-unsaturated/α-hetero) is 1. The van der Waals surface area contributed by atoms with Gasteiger partial charge in [-0.2, -0.15) is 0 Å². The standard InChI is InChI=1S/C16H22O4/c1-10(2)20-15-9-11(3)13(8-12(15)4)14(17)6-5-7-16(18)19/h8-10H,5-7H2,1-4H3,(H,18,19). The Hall–Kier alpha value is -1.84. The van der Waals surface area contributed by atoms with E-state index < -0.39 is 5.97 Å². The first-order valence-corrected chi connectivity index (χ1v) is 6.84. The van der Waals surface area contributed by atoms with Gasteiger partial charge >= 0.3 is 5.97 Å². The van der Waals surface area contributed by atoms with Crippen LogP contribution in [0.5, 0.6) is 5.75 Å². The lowest BCUT2D eigenvalue weighted by atomic mass is 9.98. The zero-order valence-electron chi connectivity index (χ0n) is 12.5. The molecule has 1 aromatic rings. The number of aryl methyl sites for hydroxylation is 2. The molecule has 1 N–H and O–H groups in total. The van der Waals surface area contributed by atoms with Crippen molar-refractivity contribution in [1.29, 1.82) is 0 Å². The first-order chi connectivity index (χ1) is 9.31. The number of carbonyl (C=O) groups is 2. The van der Waals surface area contributed by atoms with Gasteiger partial charge in [0.15, 0.2) is 5.78 Å². The number of carboxylic acid groups (broad SMARTS) is 1. The Morgan fingerprint density at radius 1 is 1.15 bits per heavy atom. The van der Waals surface area contributed by atoms with Gasteiger partial charge in [0.1, 0.15) is 5.75 Å². The summed E-state index contributed by atoms with van der Waals surface area (Å²) >= 11 is 0. The number of aliphatic carboxylic acids is 1. The highest BCUT2D eigenvalue weighted by Gasteiger charge is 2.13. The van der Waals surface area contributed by atoms with Crippen LogP contribution in [-0.2, 0) is 4.79 Å². The van der Waals surface area contributed by atoms with Crippen LogP contribution in [0.2, 0.25) is 0 Å². The second-order valence-electron chi connectivity index (χ2n) is 5.27. The molecule has 0 amide bonds. The van der Waals surface area contributed by atoms with Crippen molar-refractivity contribution < 1.29 is 19.4 Å².